The van der Waals surface area contributed by atoms with Gasteiger partial charge in [0, 0.05) is 16.6 Å². The molecule has 8 nitrogen and oxygen atoms in total. The predicted molar refractivity (Wildman–Crippen MR) is 117 cm³/mol. The van der Waals surface area contributed by atoms with Crippen LogP contribution in [0.15, 0.2) is 23.1 Å². The minimum atomic E-state index is -3.78. The zero-order chi connectivity index (χ0) is 22.2. The van der Waals surface area contributed by atoms with E-state index in [0.717, 1.165) is 21.7 Å². The molecule has 30 heavy (non-hydrogen) atoms. The van der Waals surface area contributed by atoms with E-state index in [4.69, 9.17) is 9.88 Å². The Hall–Kier alpha value is -2.43. The Bertz CT molecular complexity index is 1110. The first kappa shape index (κ1) is 22.3. The standard InChI is InChI=1S/C20H25N3O5S2/c1-5-28-20(25)18-12(3)13(4)29-19(18)22-17(24)10-23-11(2)8-14-9-15(30(21,26)27)6-7-16(14)23/h6-7,9,11H,5,8,10H2,1-4H3,(H,22,24)(H2,21,26,27). The maximum atomic E-state index is 12.8. The lowest BCUT2D eigenvalue weighted by molar-refractivity contribution is -0.115. The molecule has 3 rings (SSSR count). The summed E-state index contributed by atoms with van der Waals surface area (Å²) >= 11 is 1.34. The number of fused-ring (bicyclic) bond motifs is 1. The fourth-order valence-electron chi connectivity index (χ4n) is 3.57. The number of hydrogen-bond donors (Lipinski definition) is 2. The Morgan fingerprint density at radius 1 is 1.33 bits per heavy atom. The highest BCUT2D eigenvalue weighted by Crippen LogP contribution is 2.35. The summed E-state index contributed by atoms with van der Waals surface area (Å²) in [5.41, 5.74) is 2.82. The lowest BCUT2D eigenvalue weighted by Gasteiger charge is -2.24. The number of nitrogens with two attached hydrogens (primary N) is 1. The van der Waals surface area contributed by atoms with Crippen molar-refractivity contribution < 1.29 is 22.7 Å². The molecule has 10 heteroatoms. The molecule has 1 aromatic heterocycles. The molecule has 0 saturated carbocycles. The number of carbonyl (C=O) groups is 2. The third-order valence-electron chi connectivity index (χ3n) is 5.17. The molecule has 1 atom stereocenters. The number of aryl methyl sites for hydroxylation is 1. The van der Waals surface area contributed by atoms with Crippen LogP contribution in [0.25, 0.3) is 0 Å². The van der Waals surface area contributed by atoms with E-state index in [1.54, 1.807) is 19.1 Å². The average molecular weight is 452 g/mol. The molecular weight excluding hydrogens is 426 g/mol. The van der Waals surface area contributed by atoms with Gasteiger partial charge in [0.2, 0.25) is 15.9 Å². The van der Waals surface area contributed by atoms with Crippen LogP contribution in [-0.4, -0.2) is 39.5 Å². The molecule has 1 aliphatic heterocycles. The number of primary sulfonamides is 1. The third kappa shape index (κ3) is 4.35. The summed E-state index contributed by atoms with van der Waals surface area (Å²) in [6.07, 6.45) is 0.608. The number of ether oxygens (including phenoxy) is 1. The van der Waals surface area contributed by atoms with Crippen molar-refractivity contribution in [3.8, 4) is 0 Å². The highest BCUT2D eigenvalue weighted by atomic mass is 32.2. The van der Waals surface area contributed by atoms with Gasteiger partial charge in [0.1, 0.15) is 5.00 Å². The molecule has 2 heterocycles. The molecule has 1 unspecified atom stereocenters. The molecule has 0 bridgehead atoms. The second kappa shape index (κ2) is 8.37. The van der Waals surface area contributed by atoms with Gasteiger partial charge in [-0.3, -0.25) is 4.79 Å². The largest absolute Gasteiger partial charge is 0.462 e. The van der Waals surface area contributed by atoms with Gasteiger partial charge in [-0.2, -0.15) is 0 Å². The highest BCUT2D eigenvalue weighted by molar-refractivity contribution is 7.89. The molecule has 162 valence electrons. The summed E-state index contributed by atoms with van der Waals surface area (Å²) in [4.78, 5) is 28.0. The summed E-state index contributed by atoms with van der Waals surface area (Å²) < 4.78 is 28.3. The van der Waals surface area contributed by atoms with E-state index < -0.39 is 16.0 Å². The number of esters is 1. The average Bonchev–Trinajstić information content (AvgIpc) is 3.10. The number of nitrogens with zero attached hydrogens (tertiary/aromatic N) is 1. The van der Waals surface area contributed by atoms with Gasteiger partial charge in [0.25, 0.3) is 0 Å². The number of carbonyl (C=O) groups excluding carboxylic acids is 2. The number of thiophene rings is 1. The first-order valence-electron chi connectivity index (χ1n) is 9.52. The number of benzene rings is 1. The van der Waals surface area contributed by atoms with Crippen molar-refractivity contribution in [3.05, 3.63) is 39.8 Å². The van der Waals surface area contributed by atoms with Gasteiger partial charge in [-0.05, 0) is 63.4 Å². The van der Waals surface area contributed by atoms with E-state index in [2.05, 4.69) is 5.32 Å². The van der Waals surface area contributed by atoms with Crippen molar-refractivity contribution in [3.63, 3.8) is 0 Å². The number of anilines is 2. The van der Waals surface area contributed by atoms with Crippen LogP contribution in [0.4, 0.5) is 10.7 Å². The highest BCUT2D eigenvalue weighted by Gasteiger charge is 2.29. The van der Waals surface area contributed by atoms with Crippen LogP contribution in [0, 0.1) is 13.8 Å². The minimum absolute atomic E-state index is 0.0119. The first-order chi connectivity index (χ1) is 14.0. The number of amides is 1. The van der Waals surface area contributed by atoms with Gasteiger partial charge in [0.15, 0.2) is 0 Å². The fourth-order valence-corrected chi connectivity index (χ4v) is 5.20. The Morgan fingerprint density at radius 3 is 2.67 bits per heavy atom. The normalized spacial score (nSPS) is 15.8. The SMILES string of the molecule is CCOC(=O)c1c(NC(=O)CN2c3ccc(S(N)(=O)=O)cc3CC2C)sc(C)c1C. The van der Waals surface area contributed by atoms with Gasteiger partial charge in [-0.1, -0.05) is 0 Å². The van der Waals surface area contributed by atoms with Gasteiger partial charge in [-0.15, -0.1) is 11.3 Å². The van der Waals surface area contributed by atoms with Crippen LogP contribution in [0.3, 0.4) is 0 Å². The van der Waals surface area contributed by atoms with Crippen molar-refractivity contribution in [1.82, 2.24) is 0 Å². The number of rotatable bonds is 6. The topological polar surface area (TPSA) is 119 Å². The minimum Gasteiger partial charge on any atom is -0.462 e. The number of hydrogen-bond acceptors (Lipinski definition) is 7. The van der Waals surface area contributed by atoms with E-state index in [0.29, 0.717) is 17.0 Å². The van der Waals surface area contributed by atoms with Gasteiger partial charge >= 0.3 is 5.97 Å². The van der Waals surface area contributed by atoms with Crippen molar-refractivity contribution in [2.45, 2.75) is 45.1 Å². The van der Waals surface area contributed by atoms with Crippen molar-refractivity contribution in [2.24, 2.45) is 5.14 Å². The number of nitrogens with one attached hydrogen (secondary N) is 1. The summed E-state index contributed by atoms with van der Waals surface area (Å²) in [6, 6.07) is 4.69. The van der Waals surface area contributed by atoms with Crippen LogP contribution < -0.4 is 15.4 Å². The zero-order valence-corrected chi connectivity index (χ0v) is 18.9. The first-order valence-corrected chi connectivity index (χ1v) is 11.9. The monoisotopic (exact) mass is 451 g/mol. The lowest BCUT2D eigenvalue weighted by atomic mass is 10.1. The Labute approximate surface area is 180 Å². The quantitative estimate of drug-likeness (QED) is 0.652. The Balaban J connectivity index is 1.80. The molecule has 0 aliphatic carbocycles. The molecule has 0 spiro atoms. The van der Waals surface area contributed by atoms with Crippen molar-refractivity contribution in [1.29, 1.82) is 0 Å². The zero-order valence-electron chi connectivity index (χ0n) is 17.3. The second-order valence-electron chi connectivity index (χ2n) is 7.27. The summed E-state index contributed by atoms with van der Waals surface area (Å²) in [5, 5.41) is 8.54. The fraction of sp³-hybridized carbons (Fsp3) is 0.400. The van der Waals surface area contributed by atoms with Crippen LogP contribution in [0.5, 0.6) is 0 Å². The van der Waals surface area contributed by atoms with Crippen LogP contribution in [0.1, 0.15) is 40.2 Å². The van der Waals surface area contributed by atoms with E-state index in [9.17, 15) is 18.0 Å². The number of sulfonamides is 1. The maximum Gasteiger partial charge on any atom is 0.341 e. The van der Waals surface area contributed by atoms with E-state index in [-0.39, 0.29) is 30.0 Å². The Morgan fingerprint density at radius 2 is 2.03 bits per heavy atom. The van der Waals surface area contributed by atoms with Gasteiger partial charge in [-0.25, -0.2) is 18.4 Å². The van der Waals surface area contributed by atoms with Crippen molar-refractivity contribution >= 4 is 43.9 Å². The molecule has 1 aliphatic rings. The smallest absolute Gasteiger partial charge is 0.341 e. The molecule has 0 radical (unpaired) electrons. The molecule has 0 saturated heterocycles. The predicted octanol–water partition coefficient (Wildman–Crippen LogP) is 2.58. The second-order valence-corrected chi connectivity index (χ2v) is 10.1. The van der Waals surface area contributed by atoms with E-state index in [1.165, 1.54) is 17.4 Å². The van der Waals surface area contributed by atoms with Crippen LogP contribution in [-0.2, 0) is 26.0 Å². The van der Waals surface area contributed by atoms with E-state index in [1.807, 2.05) is 25.7 Å². The molecule has 1 aromatic carbocycles. The molecule has 0 fully saturated rings. The van der Waals surface area contributed by atoms with Crippen LogP contribution >= 0.6 is 11.3 Å². The summed E-state index contributed by atoms with van der Waals surface area (Å²) in [5.74, 6) is -0.720. The summed E-state index contributed by atoms with van der Waals surface area (Å²) in [6.45, 7) is 7.74. The third-order valence-corrected chi connectivity index (χ3v) is 7.20. The van der Waals surface area contributed by atoms with E-state index >= 15 is 0 Å². The maximum absolute atomic E-state index is 12.8. The van der Waals surface area contributed by atoms with Crippen molar-refractivity contribution in [2.75, 3.05) is 23.4 Å². The molecule has 2 aromatic rings. The molecule has 3 N–H and O–H groups in total. The Kier molecular flexibility index (Phi) is 6.21. The summed E-state index contributed by atoms with van der Waals surface area (Å²) in [7, 11) is -3.78. The van der Waals surface area contributed by atoms with Gasteiger partial charge in [0.05, 0.1) is 23.6 Å². The molecular formula is C20H25N3O5S2. The molecule has 1 amide bonds. The van der Waals surface area contributed by atoms with Crippen LogP contribution in [0.2, 0.25) is 0 Å². The lowest BCUT2D eigenvalue weighted by Crippen LogP contribution is -2.37. The van der Waals surface area contributed by atoms with Gasteiger partial charge < -0.3 is 15.0 Å².